The van der Waals surface area contributed by atoms with Gasteiger partial charge in [-0.1, -0.05) is 24.3 Å². The highest BCUT2D eigenvalue weighted by molar-refractivity contribution is 6.02. The van der Waals surface area contributed by atoms with Gasteiger partial charge in [-0.05, 0) is 73.2 Å². The van der Waals surface area contributed by atoms with Crippen LogP contribution in [-0.2, 0) is 12.8 Å². The first-order valence-electron chi connectivity index (χ1n) is 9.60. The number of aromatic carboxylic acids is 2. The molecule has 4 rings (SSSR count). The molecular weight excluding hydrogens is 382 g/mol. The zero-order valence-corrected chi connectivity index (χ0v) is 16.7. The van der Waals surface area contributed by atoms with E-state index in [1.54, 1.807) is 0 Å². The first-order chi connectivity index (χ1) is 14.3. The summed E-state index contributed by atoms with van der Waals surface area (Å²) >= 11 is 0. The van der Waals surface area contributed by atoms with Crippen LogP contribution >= 0.6 is 0 Å². The third kappa shape index (κ3) is 3.72. The number of carboxylic acids is 2. The second-order valence-corrected chi connectivity index (χ2v) is 7.48. The predicted molar refractivity (Wildman–Crippen MR) is 113 cm³/mol. The van der Waals surface area contributed by atoms with E-state index in [-0.39, 0.29) is 22.6 Å². The molecule has 0 aliphatic carbocycles. The van der Waals surface area contributed by atoms with Crippen LogP contribution in [0.1, 0.15) is 43.0 Å². The molecule has 1 heterocycles. The Morgan fingerprint density at radius 1 is 0.833 bits per heavy atom. The number of ether oxygens (including phenoxy) is 1. The summed E-state index contributed by atoms with van der Waals surface area (Å²) in [5.74, 6) is -1.73. The summed E-state index contributed by atoms with van der Waals surface area (Å²) in [5.41, 5.74) is 5.53. The van der Waals surface area contributed by atoms with E-state index < -0.39 is 11.9 Å². The largest absolute Gasteiger partial charge is 0.478 e. The molecule has 0 unspecified atom stereocenters. The van der Waals surface area contributed by atoms with Crippen LogP contribution in [0.4, 0.5) is 11.4 Å². The van der Waals surface area contributed by atoms with Crippen molar-refractivity contribution in [3.8, 4) is 11.5 Å². The van der Waals surface area contributed by atoms with Crippen molar-refractivity contribution in [2.75, 3.05) is 5.32 Å². The Balaban J connectivity index is 1.60. The number of carboxylic acid groups (broad SMARTS) is 2. The van der Waals surface area contributed by atoms with Gasteiger partial charge in [0.1, 0.15) is 0 Å². The molecule has 0 saturated carbocycles. The second-order valence-electron chi connectivity index (χ2n) is 7.48. The molecule has 3 aromatic rings. The van der Waals surface area contributed by atoms with Gasteiger partial charge in [0.25, 0.3) is 0 Å². The zero-order chi connectivity index (χ0) is 21.4. The summed E-state index contributed by atoms with van der Waals surface area (Å²) in [6, 6.07) is 14.6. The Hall–Kier alpha value is -3.80. The molecule has 0 spiro atoms. The Morgan fingerprint density at radius 2 is 1.53 bits per heavy atom. The highest BCUT2D eigenvalue weighted by Gasteiger charge is 2.25. The standard InChI is InChI=1S/C24H21NO5/c1-13-3-4-15(9-14(13)2)5-6-16-7-8-20-19(10-16)25-22-18(24(28)29)11-17(23(26)27)12-21(22)30-20/h3-4,7-12,25H,5-6H2,1-2H3,(H,26,27)(H,28,29). The number of fused-ring (bicyclic) bond motifs is 2. The topological polar surface area (TPSA) is 95.9 Å². The van der Waals surface area contributed by atoms with E-state index in [0.717, 1.165) is 24.5 Å². The SMILES string of the molecule is Cc1ccc(CCc2ccc3c(c2)Nc2c(cc(C(=O)O)cc2C(=O)O)O3)cc1C. The van der Waals surface area contributed by atoms with Crippen molar-refractivity contribution in [2.45, 2.75) is 26.7 Å². The van der Waals surface area contributed by atoms with Gasteiger partial charge in [0.15, 0.2) is 11.5 Å². The summed E-state index contributed by atoms with van der Waals surface area (Å²) in [5, 5.41) is 21.9. The van der Waals surface area contributed by atoms with Crippen LogP contribution in [0, 0.1) is 13.8 Å². The molecule has 1 aliphatic heterocycles. The van der Waals surface area contributed by atoms with Gasteiger partial charge in [-0.3, -0.25) is 0 Å². The molecule has 0 radical (unpaired) electrons. The Kier molecular flexibility index (Phi) is 4.91. The molecule has 30 heavy (non-hydrogen) atoms. The van der Waals surface area contributed by atoms with Crippen molar-refractivity contribution in [2.24, 2.45) is 0 Å². The first kappa shape index (κ1) is 19.5. The van der Waals surface area contributed by atoms with Crippen LogP contribution in [-0.4, -0.2) is 22.2 Å². The predicted octanol–water partition coefficient (Wildman–Crippen LogP) is 5.33. The molecule has 6 nitrogen and oxygen atoms in total. The van der Waals surface area contributed by atoms with E-state index in [1.807, 2.05) is 18.2 Å². The lowest BCUT2D eigenvalue weighted by Crippen LogP contribution is -2.11. The number of rotatable bonds is 5. The molecular formula is C24H21NO5. The van der Waals surface area contributed by atoms with E-state index >= 15 is 0 Å². The van der Waals surface area contributed by atoms with Crippen molar-refractivity contribution < 1.29 is 24.5 Å². The summed E-state index contributed by atoms with van der Waals surface area (Å²) in [7, 11) is 0. The number of carbonyl (C=O) groups is 2. The highest BCUT2D eigenvalue weighted by Crippen LogP contribution is 2.44. The highest BCUT2D eigenvalue weighted by atomic mass is 16.5. The molecule has 1 aliphatic rings. The molecule has 0 aromatic heterocycles. The van der Waals surface area contributed by atoms with Crippen molar-refractivity contribution in [3.63, 3.8) is 0 Å². The average Bonchev–Trinajstić information content (AvgIpc) is 2.72. The number of hydrogen-bond donors (Lipinski definition) is 3. The molecule has 0 amide bonds. The minimum absolute atomic E-state index is 0.138. The maximum atomic E-state index is 11.6. The van der Waals surface area contributed by atoms with Gasteiger partial charge in [-0.2, -0.15) is 0 Å². The quantitative estimate of drug-likeness (QED) is 0.417. The van der Waals surface area contributed by atoms with Crippen LogP contribution in [0.3, 0.4) is 0 Å². The molecule has 152 valence electrons. The average molecular weight is 403 g/mol. The molecule has 3 N–H and O–H groups in total. The first-order valence-corrected chi connectivity index (χ1v) is 9.60. The van der Waals surface area contributed by atoms with E-state index in [4.69, 9.17) is 4.74 Å². The van der Waals surface area contributed by atoms with Gasteiger partial charge in [0, 0.05) is 0 Å². The van der Waals surface area contributed by atoms with Gasteiger partial charge in [-0.15, -0.1) is 0 Å². The second kappa shape index (κ2) is 7.55. The number of benzene rings is 3. The van der Waals surface area contributed by atoms with E-state index in [1.165, 1.54) is 22.8 Å². The molecule has 0 fully saturated rings. The molecule has 6 heteroatoms. The fourth-order valence-electron chi connectivity index (χ4n) is 3.54. The lowest BCUT2D eigenvalue weighted by Gasteiger charge is -2.24. The van der Waals surface area contributed by atoms with Gasteiger partial charge in [-0.25, -0.2) is 9.59 Å². The third-order valence-electron chi connectivity index (χ3n) is 5.38. The zero-order valence-electron chi connectivity index (χ0n) is 16.7. The summed E-state index contributed by atoms with van der Waals surface area (Å²) in [4.78, 5) is 23.0. The minimum Gasteiger partial charge on any atom is -0.478 e. The smallest absolute Gasteiger partial charge is 0.337 e. The molecule has 0 saturated heterocycles. The van der Waals surface area contributed by atoms with Crippen molar-refractivity contribution >= 4 is 23.3 Å². The molecule has 3 aromatic carbocycles. The van der Waals surface area contributed by atoms with Crippen LogP contribution in [0.15, 0.2) is 48.5 Å². The van der Waals surface area contributed by atoms with E-state index in [2.05, 4.69) is 37.4 Å². The maximum absolute atomic E-state index is 11.6. The lowest BCUT2D eigenvalue weighted by molar-refractivity contribution is 0.0696. The number of hydrogen-bond acceptors (Lipinski definition) is 4. The third-order valence-corrected chi connectivity index (χ3v) is 5.38. The van der Waals surface area contributed by atoms with E-state index in [0.29, 0.717) is 11.4 Å². The summed E-state index contributed by atoms with van der Waals surface area (Å²) in [6.45, 7) is 4.20. The Labute approximate surface area is 173 Å². The van der Waals surface area contributed by atoms with Crippen molar-refractivity contribution in [1.82, 2.24) is 0 Å². The number of aryl methyl sites for hydroxylation is 4. The Morgan fingerprint density at radius 3 is 2.20 bits per heavy atom. The fourth-order valence-corrected chi connectivity index (χ4v) is 3.54. The van der Waals surface area contributed by atoms with Crippen LogP contribution in [0.5, 0.6) is 11.5 Å². The lowest BCUT2D eigenvalue weighted by atomic mass is 9.99. The van der Waals surface area contributed by atoms with Crippen LogP contribution in [0.25, 0.3) is 0 Å². The van der Waals surface area contributed by atoms with Crippen LogP contribution in [0.2, 0.25) is 0 Å². The van der Waals surface area contributed by atoms with Gasteiger partial charge >= 0.3 is 11.9 Å². The van der Waals surface area contributed by atoms with Crippen LogP contribution < -0.4 is 10.1 Å². The molecule has 0 atom stereocenters. The van der Waals surface area contributed by atoms with Gasteiger partial charge in [0.2, 0.25) is 0 Å². The number of anilines is 2. The van der Waals surface area contributed by atoms with Crippen molar-refractivity contribution in [3.05, 3.63) is 81.9 Å². The summed E-state index contributed by atoms with van der Waals surface area (Å²) < 4.78 is 5.82. The maximum Gasteiger partial charge on any atom is 0.337 e. The summed E-state index contributed by atoms with van der Waals surface area (Å²) in [6.07, 6.45) is 1.72. The Bertz CT molecular complexity index is 1180. The number of nitrogens with one attached hydrogen (secondary N) is 1. The van der Waals surface area contributed by atoms with Gasteiger partial charge < -0.3 is 20.3 Å². The molecule has 0 bridgehead atoms. The minimum atomic E-state index is -1.22. The fraction of sp³-hybridized carbons (Fsp3) is 0.167. The monoisotopic (exact) mass is 403 g/mol. The van der Waals surface area contributed by atoms with Gasteiger partial charge in [0.05, 0.1) is 22.5 Å². The van der Waals surface area contributed by atoms with E-state index in [9.17, 15) is 19.8 Å². The van der Waals surface area contributed by atoms with Crippen molar-refractivity contribution in [1.29, 1.82) is 0 Å². The normalized spacial score (nSPS) is 11.7.